The molecule has 0 saturated carbocycles. The number of amides is 1. The van der Waals surface area contributed by atoms with E-state index in [0.717, 1.165) is 34.2 Å². The highest BCUT2D eigenvalue weighted by Gasteiger charge is 2.20. The molecule has 2 aromatic carbocycles. The number of rotatable bonds is 8. The van der Waals surface area contributed by atoms with Crippen LogP contribution in [0.2, 0.25) is 0 Å². The molecule has 0 N–H and O–H groups in total. The van der Waals surface area contributed by atoms with Crippen LogP contribution < -0.4 is 9.54 Å². The van der Waals surface area contributed by atoms with Gasteiger partial charge >= 0.3 is 0 Å². The van der Waals surface area contributed by atoms with E-state index >= 15 is 0 Å². The Morgan fingerprint density at radius 3 is 2.42 bits per heavy atom. The number of non-ortho nitro benzene ring substituents is 2. The van der Waals surface area contributed by atoms with E-state index in [-0.39, 0.29) is 5.56 Å². The Hall–Kier alpha value is -3.25. The van der Waals surface area contributed by atoms with Crippen LogP contribution in [-0.4, -0.2) is 38.9 Å². The van der Waals surface area contributed by atoms with Crippen molar-refractivity contribution in [3.05, 3.63) is 67.0 Å². The molecule has 1 aromatic heterocycles. The minimum Gasteiger partial charge on any atom is -0.494 e. The highest BCUT2D eigenvalue weighted by Crippen LogP contribution is 2.25. The van der Waals surface area contributed by atoms with E-state index in [9.17, 15) is 25.0 Å². The van der Waals surface area contributed by atoms with Crippen molar-refractivity contribution in [3.63, 3.8) is 0 Å². The second-order valence-corrected chi connectivity index (χ2v) is 8.26. The van der Waals surface area contributed by atoms with Crippen LogP contribution in [0.15, 0.2) is 41.4 Å². The van der Waals surface area contributed by atoms with Gasteiger partial charge in [0.05, 0.1) is 38.3 Å². The van der Waals surface area contributed by atoms with Crippen LogP contribution in [0.1, 0.15) is 17.3 Å². The van der Waals surface area contributed by atoms with Crippen molar-refractivity contribution in [1.29, 1.82) is 0 Å². The molecule has 3 aromatic rings. The van der Waals surface area contributed by atoms with Gasteiger partial charge < -0.3 is 9.30 Å². The van der Waals surface area contributed by atoms with Gasteiger partial charge in [-0.2, -0.15) is 16.8 Å². The quantitative estimate of drug-likeness (QED) is 0.365. The Morgan fingerprint density at radius 2 is 1.84 bits per heavy atom. The normalized spacial score (nSPS) is 11.6. The zero-order chi connectivity index (χ0) is 22.5. The number of nitro groups is 2. The Kier molecular flexibility index (Phi) is 7.02. The number of aromatic nitrogens is 1. The lowest BCUT2D eigenvalue weighted by molar-refractivity contribution is -0.394. The molecule has 0 atom stereocenters. The minimum absolute atomic E-state index is 0.218. The van der Waals surface area contributed by atoms with E-state index in [0.29, 0.717) is 23.7 Å². The molecule has 0 bridgehead atoms. The molecular formula is C19H18N4O6S2. The second-order valence-electron chi connectivity index (χ2n) is 6.26. The summed E-state index contributed by atoms with van der Waals surface area (Å²) in [6, 6.07) is 8.38. The maximum absolute atomic E-state index is 12.8. The molecular weight excluding hydrogens is 444 g/mol. The summed E-state index contributed by atoms with van der Waals surface area (Å²) in [4.78, 5) is 38.0. The molecule has 12 heteroatoms. The van der Waals surface area contributed by atoms with Gasteiger partial charge in [0.2, 0.25) is 0 Å². The molecule has 162 valence electrons. The average molecular weight is 463 g/mol. The fraction of sp³-hybridized carbons (Fsp3) is 0.263. The summed E-state index contributed by atoms with van der Waals surface area (Å²) in [6.07, 6.45) is 1.96. The monoisotopic (exact) mass is 462 g/mol. The molecule has 1 amide bonds. The van der Waals surface area contributed by atoms with Crippen molar-refractivity contribution in [2.24, 2.45) is 4.99 Å². The molecule has 0 aliphatic rings. The number of thiazole rings is 1. The molecule has 0 aliphatic heterocycles. The maximum Gasteiger partial charge on any atom is 0.280 e. The number of ether oxygens (including phenoxy) is 1. The highest BCUT2D eigenvalue weighted by atomic mass is 32.2. The van der Waals surface area contributed by atoms with Crippen molar-refractivity contribution in [1.82, 2.24) is 4.57 Å². The number of carbonyl (C=O) groups is 1. The Labute approximate surface area is 184 Å². The lowest BCUT2D eigenvalue weighted by Gasteiger charge is -2.05. The van der Waals surface area contributed by atoms with Crippen LogP contribution in [0.4, 0.5) is 11.4 Å². The van der Waals surface area contributed by atoms with Crippen molar-refractivity contribution in [2.45, 2.75) is 13.5 Å². The zero-order valence-corrected chi connectivity index (χ0v) is 18.3. The van der Waals surface area contributed by atoms with Gasteiger partial charge in [-0.15, -0.1) is 0 Å². The van der Waals surface area contributed by atoms with Crippen molar-refractivity contribution in [2.75, 3.05) is 18.6 Å². The van der Waals surface area contributed by atoms with Crippen molar-refractivity contribution < 1.29 is 19.4 Å². The molecule has 1 heterocycles. The third-order valence-electron chi connectivity index (χ3n) is 4.25. The molecule has 0 spiro atoms. The molecule has 0 saturated heterocycles. The van der Waals surface area contributed by atoms with E-state index in [4.69, 9.17) is 4.74 Å². The fourth-order valence-corrected chi connectivity index (χ4v) is 4.32. The van der Waals surface area contributed by atoms with E-state index < -0.39 is 27.1 Å². The molecule has 0 radical (unpaired) electrons. The topological polar surface area (TPSA) is 130 Å². The van der Waals surface area contributed by atoms with E-state index in [1.807, 2.05) is 35.9 Å². The van der Waals surface area contributed by atoms with Crippen molar-refractivity contribution in [3.8, 4) is 5.75 Å². The summed E-state index contributed by atoms with van der Waals surface area (Å²) in [6.45, 7) is 3.00. The minimum atomic E-state index is -0.790. The second kappa shape index (κ2) is 9.71. The summed E-state index contributed by atoms with van der Waals surface area (Å²) in [5.74, 6) is 0.685. The molecule has 0 aliphatic carbocycles. The summed E-state index contributed by atoms with van der Waals surface area (Å²) < 4.78 is 8.28. The highest BCUT2D eigenvalue weighted by molar-refractivity contribution is 7.98. The maximum atomic E-state index is 12.8. The number of aryl methyl sites for hydroxylation is 1. The standard InChI is InChI=1S/C19H18N4O6S2/c1-3-29-15-4-5-16-17(11-15)31-19(21(16)6-7-30-2)20-18(24)12-8-13(22(25)26)10-14(9-12)23(27)28/h4-5,8-11H,3,6-7H2,1-2H3. The summed E-state index contributed by atoms with van der Waals surface area (Å²) in [7, 11) is 0. The first-order valence-corrected chi connectivity index (χ1v) is 11.3. The number of thioether (sulfide) groups is 1. The summed E-state index contributed by atoms with van der Waals surface area (Å²) in [5, 5.41) is 22.2. The zero-order valence-electron chi connectivity index (χ0n) is 16.6. The predicted octanol–water partition coefficient (Wildman–Crippen LogP) is 4.02. The van der Waals surface area contributed by atoms with Gasteiger partial charge in [-0.25, -0.2) is 0 Å². The molecule has 0 fully saturated rings. The number of hydrogen-bond acceptors (Lipinski definition) is 8. The lowest BCUT2D eigenvalue weighted by Crippen LogP contribution is -2.18. The van der Waals surface area contributed by atoms with Crippen LogP contribution in [-0.2, 0) is 6.54 Å². The van der Waals surface area contributed by atoms with Crippen LogP contribution in [0.25, 0.3) is 10.2 Å². The first-order chi connectivity index (χ1) is 14.8. The van der Waals surface area contributed by atoms with Crippen LogP contribution >= 0.6 is 23.1 Å². The number of benzene rings is 2. The van der Waals surface area contributed by atoms with Gasteiger partial charge in [0.25, 0.3) is 17.3 Å². The first kappa shape index (κ1) is 22.4. The number of hydrogen-bond donors (Lipinski definition) is 0. The third kappa shape index (κ3) is 5.09. The Balaban J connectivity index is 2.13. The average Bonchev–Trinajstić information content (AvgIpc) is 3.08. The van der Waals surface area contributed by atoms with E-state index in [1.165, 1.54) is 11.3 Å². The van der Waals surface area contributed by atoms with Gasteiger partial charge in [0.1, 0.15) is 5.75 Å². The van der Waals surface area contributed by atoms with Crippen molar-refractivity contribution >= 4 is 50.6 Å². The van der Waals surface area contributed by atoms with Gasteiger partial charge in [-0.3, -0.25) is 25.0 Å². The SMILES string of the molecule is CCOc1ccc2c(c1)sc(=NC(=O)c1cc([N+](=O)[O-])cc([N+](=O)[O-])c1)n2CCSC. The number of nitrogens with zero attached hydrogens (tertiary/aromatic N) is 4. The molecule has 0 unspecified atom stereocenters. The van der Waals surface area contributed by atoms with Gasteiger partial charge in [-0.1, -0.05) is 11.3 Å². The first-order valence-electron chi connectivity index (χ1n) is 9.12. The number of nitro benzene ring substituents is 2. The summed E-state index contributed by atoms with van der Waals surface area (Å²) >= 11 is 2.91. The number of carbonyl (C=O) groups excluding carboxylic acids is 1. The van der Waals surface area contributed by atoms with Crippen LogP contribution in [0.5, 0.6) is 5.75 Å². The Bertz CT molecular complexity index is 1200. The lowest BCUT2D eigenvalue weighted by atomic mass is 10.1. The number of fused-ring (bicyclic) bond motifs is 1. The van der Waals surface area contributed by atoms with Crippen LogP contribution in [0, 0.1) is 20.2 Å². The third-order valence-corrected chi connectivity index (χ3v) is 5.88. The fourth-order valence-electron chi connectivity index (χ4n) is 2.87. The summed E-state index contributed by atoms with van der Waals surface area (Å²) in [5.41, 5.74) is -0.426. The van der Waals surface area contributed by atoms with Crippen LogP contribution in [0.3, 0.4) is 0 Å². The predicted molar refractivity (Wildman–Crippen MR) is 119 cm³/mol. The van der Waals surface area contributed by atoms with Gasteiger partial charge in [0.15, 0.2) is 4.80 Å². The Morgan fingerprint density at radius 1 is 1.16 bits per heavy atom. The molecule has 31 heavy (non-hydrogen) atoms. The van der Waals surface area contributed by atoms with Gasteiger partial charge in [-0.05, 0) is 31.4 Å². The largest absolute Gasteiger partial charge is 0.494 e. The smallest absolute Gasteiger partial charge is 0.280 e. The molecule has 10 nitrogen and oxygen atoms in total. The van der Waals surface area contributed by atoms with E-state index in [1.54, 1.807) is 11.8 Å². The molecule has 3 rings (SSSR count). The van der Waals surface area contributed by atoms with E-state index in [2.05, 4.69) is 4.99 Å². The van der Waals surface area contributed by atoms with Gasteiger partial charge in [0, 0.05) is 24.4 Å².